The van der Waals surface area contributed by atoms with E-state index in [0.29, 0.717) is 12.8 Å². The molecule has 2 atom stereocenters. The van der Waals surface area contributed by atoms with E-state index in [4.69, 9.17) is 9.47 Å². The Kier molecular flexibility index (Phi) is 5.58. The summed E-state index contributed by atoms with van der Waals surface area (Å²) in [5.74, 6) is -1.44. The number of hydrogen-bond donors (Lipinski definition) is 0. The summed E-state index contributed by atoms with van der Waals surface area (Å²) in [4.78, 5) is 24.2. The molecule has 0 aliphatic heterocycles. The summed E-state index contributed by atoms with van der Waals surface area (Å²) in [6, 6.07) is 0. The van der Waals surface area contributed by atoms with Crippen molar-refractivity contribution < 1.29 is 19.1 Å². The Morgan fingerprint density at radius 2 is 1.53 bits per heavy atom. The first-order valence-corrected chi connectivity index (χ1v) is 6.87. The van der Waals surface area contributed by atoms with Crippen LogP contribution in [0.4, 0.5) is 0 Å². The van der Waals surface area contributed by atoms with Crippen molar-refractivity contribution >= 4 is 11.9 Å². The van der Waals surface area contributed by atoms with Gasteiger partial charge in [-0.05, 0) is 47.5 Å². The van der Waals surface area contributed by atoms with Crippen LogP contribution < -0.4 is 0 Å². The lowest BCUT2D eigenvalue weighted by Crippen LogP contribution is -2.36. The minimum Gasteiger partial charge on any atom is -0.463 e. The van der Waals surface area contributed by atoms with Crippen LogP contribution >= 0.6 is 0 Å². The van der Waals surface area contributed by atoms with Gasteiger partial charge in [0.15, 0.2) is 0 Å². The molecule has 0 bridgehead atoms. The Balaban J connectivity index is 2.81. The number of carbonyl (C=O) groups is 2. The predicted molar refractivity (Wildman–Crippen MR) is 72.4 cm³/mol. The first-order valence-electron chi connectivity index (χ1n) is 6.87. The predicted octanol–water partition coefficient (Wildman–Crippen LogP) is 2.86. The Morgan fingerprint density at radius 1 is 1.05 bits per heavy atom. The summed E-state index contributed by atoms with van der Waals surface area (Å²) in [5, 5.41) is 0. The normalized spacial score (nSPS) is 23.2. The molecule has 1 aliphatic carbocycles. The summed E-state index contributed by atoms with van der Waals surface area (Å²) in [5.41, 5.74) is 1.12. The third-order valence-corrected chi connectivity index (χ3v) is 3.06. The molecule has 2 unspecified atom stereocenters. The Hall–Kier alpha value is -1.32. The second-order valence-electron chi connectivity index (χ2n) is 5.67. The Bertz CT molecular complexity index is 368. The van der Waals surface area contributed by atoms with E-state index in [1.807, 2.05) is 40.7 Å². The smallest absolute Gasteiger partial charge is 0.310 e. The van der Waals surface area contributed by atoms with Gasteiger partial charge >= 0.3 is 11.9 Å². The third-order valence-electron chi connectivity index (χ3n) is 3.06. The molecule has 0 saturated carbocycles. The molecule has 0 radical (unpaired) electrons. The monoisotopic (exact) mass is 268 g/mol. The van der Waals surface area contributed by atoms with Gasteiger partial charge in [-0.1, -0.05) is 11.6 Å². The van der Waals surface area contributed by atoms with Gasteiger partial charge in [0, 0.05) is 0 Å². The summed E-state index contributed by atoms with van der Waals surface area (Å²) < 4.78 is 10.5. The highest BCUT2D eigenvalue weighted by molar-refractivity contribution is 5.83. The van der Waals surface area contributed by atoms with Crippen molar-refractivity contribution in [3.05, 3.63) is 11.6 Å². The van der Waals surface area contributed by atoms with Gasteiger partial charge in [-0.2, -0.15) is 0 Å². The number of carbonyl (C=O) groups excluding carboxylic acids is 2. The first-order chi connectivity index (χ1) is 8.81. The molecule has 4 nitrogen and oxygen atoms in total. The SMILES string of the molecule is CC1=CCC(C(=O)OC(C)C)C(C(=O)OC(C)C)C1. The maximum atomic E-state index is 12.1. The molecule has 108 valence electrons. The number of allylic oxidation sites excluding steroid dienone is 2. The van der Waals surface area contributed by atoms with Gasteiger partial charge in [-0.25, -0.2) is 0 Å². The first kappa shape index (κ1) is 15.7. The highest BCUT2D eigenvalue weighted by Gasteiger charge is 2.38. The molecule has 0 aromatic rings. The van der Waals surface area contributed by atoms with Crippen molar-refractivity contribution in [1.29, 1.82) is 0 Å². The molecule has 0 aromatic carbocycles. The van der Waals surface area contributed by atoms with Crippen molar-refractivity contribution in [3.8, 4) is 0 Å². The molecule has 0 fully saturated rings. The lowest BCUT2D eigenvalue weighted by atomic mass is 9.80. The molecule has 1 aliphatic rings. The maximum absolute atomic E-state index is 12.1. The molecular weight excluding hydrogens is 244 g/mol. The van der Waals surface area contributed by atoms with E-state index in [1.54, 1.807) is 0 Å². The summed E-state index contributed by atoms with van der Waals surface area (Å²) in [6.45, 7) is 9.21. The van der Waals surface area contributed by atoms with E-state index in [2.05, 4.69) is 0 Å². The van der Waals surface area contributed by atoms with E-state index in [-0.39, 0.29) is 24.1 Å². The quantitative estimate of drug-likeness (QED) is 0.581. The molecule has 1 rings (SSSR count). The fourth-order valence-corrected chi connectivity index (χ4v) is 2.21. The average Bonchev–Trinajstić information content (AvgIpc) is 2.26. The fraction of sp³-hybridized carbons (Fsp3) is 0.733. The molecular formula is C15H24O4. The van der Waals surface area contributed by atoms with Gasteiger partial charge < -0.3 is 9.47 Å². The van der Waals surface area contributed by atoms with E-state index in [9.17, 15) is 9.59 Å². The molecule has 19 heavy (non-hydrogen) atoms. The number of esters is 2. The molecule has 0 amide bonds. The molecule has 0 N–H and O–H groups in total. The van der Waals surface area contributed by atoms with Gasteiger partial charge in [-0.15, -0.1) is 0 Å². The van der Waals surface area contributed by atoms with Crippen molar-refractivity contribution in [2.24, 2.45) is 11.8 Å². The zero-order valence-electron chi connectivity index (χ0n) is 12.4. The minimum atomic E-state index is -0.419. The van der Waals surface area contributed by atoms with Crippen LogP contribution in [0.5, 0.6) is 0 Å². The summed E-state index contributed by atoms with van der Waals surface area (Å²) >= 11 is 0. The fourth-order valence-electron chi connectivity index (χ4n) is 2.21. The third kappa shape index (κ3) is 4.69. The van der Waals surface area contributed by atoms with E-state index in [1.165, 1.54) is 0 Å². The Morgan fingerprint density at radius 3 is 2.00 bits per heavy atom. The molecule has 0 saturated heterocycles. The lowest BCUT2D eigenvalue weighted by Gasteiger charge is -2.28. The van der Waals surface area contributed by atoms with E-state index >= 15 is 0 Å². The van der Waals surface area contributed by atoms with Crippen LogP contribution in [-0.4, -0.2) is 24.1 Å². The van der Waals surface area contributed by atoms with Crippen molar-refractivity contribution in [2.75, 3.05) is 0 Å². The van der Waals surface area contributed by atoms with Gasteiger partial charge in [-0.3, -0.25) is 9.59 Å². The zero-order chi connectivity index (χ0) is 14.6. The molecule has 0 spiro atoms. The van der Waals surface area contributed by atoms with Crippen LogP contribution in [0.2, 0.25) is 0 Å². The zero-order valence-corrected chi connectivity index (χ0v) is 12.4. The summed E-state index contributed by atoms with van der Waals surface area (Å²) in [7, 11) is 0. The van der Waals surface area contributed by atoms with Crippen LogP contribution in [0, 0.1) is 11.8 Å². The lowest BCUT2D eigenvalue weighted by molar-refractivity contribution is -0.165. The second kappa shape index (κ2) is 6.73. The van der Waals surface area contributed by atoms with Crippen molar-refractivity contribution in [3.63, 3.8) is 0 Å². The van der Waals surface area contributed by atoms with E-state index in [0.717, 1.165) is 5.57 Å². The molecule has 0 aromatic heterocycles. The Labute approximate surface area is 115 Å². The second-order valence-corrected chi connectivity index (χ2v) is 5.67. The van der Waals surface area contributed by atoms with Gasteiger partial charge in [0.05, 0.1) is 24.0 Å². The minimum absolute atomic E-state index is 0.165. The highest BCUT2D eigenvalue weighted by atomic mass is 16.6. The molecule has 4 heteroatoms. The van der Waals surface area contributed by atoms with Gasteiger partial charge in [0.1, 0.15) is 0 Å². The largest absolute Gasteiger partial charge is 0.463 e. The highest BCUT2D eigenvalue weighted by Crippen LogP contribution is 2.32. The van der Waals surface area contributed by atoms with E-state index < -0.39 is 11.8 Å². The average molecular weight is 268 g/mol. The van der Waals surface area contributed by atoms with Gasteiger partial charge in [0.2, 0.25) is 0 Å². The van der Waals surface area contributed by atoms with Crippen LogP contribution in [0.1, 0.15) is 47.5 Å². The standard InChI is InChI=1S/C15H24O4/c1-9(2)18-14(16)12-7-6-11(5)8-13(12)15(17)19-10(3)4/h6,9-10,12-13H,7-8H2,1-5H3. The summed E-state index contributed by atoms with van der Waals surface area (Å²) in [6.07, 6.45) is 2.80. The number of ether oxygens (including phenoxy) is 2. The van der Waals surface area contributed by atoms with Crippen molar-refractivity contribution in [2.45, 2.75) is 59.7 Å². The van der Waals surface area contributed by atoms with Gasteiger partial charge in [0.25, 0.3) is 0 Å². The number of rotatable bonds is 4. The van der Waals surface area contributed by atoms with Crippen LogP contribution in [0.3, 0.4) is 0 Å². The van der Waals surface area contributed by atoms with Crippen LogP contribution in [0.25, 0.3) is 0 Å². The molecule has 0 heterocycles. The maximum Gasteiger partial charge on any atom is 0.310 e. The number of hydrogen-bond acceptors (Lipinski definition) is 4. The van der Waals surface area contributed by atoms with Crippen LogP contribution in [-0.2, 0) is 19.1 Å². The van der Waals surface area contributed by atoms with Crippen LogP contribution in [0.15, 0.2) is 11.6 Å². The topological polar surface area (TPSA) is 52.6 Å². The van der Waals surface area contributed by atoms with Crippen molar-refractivity contribution in [1.82, 2.24) is 0 Å².